The average molecular weight is 556 g/mol. The van der Waals surface area contributed by atoms with E-state index in [1.807, 2.05) is 63.2 Å². The van der Waals surface area contributed by atoms with Crippen LogP contribution in [0.1, 0.15) is 56.0 Å². The number of hydrogen-bond donors (Lipinski definition) is 1. The summed E-state index contributed by atoms with van der Waals surface area (Å²) >= 11 is 0. The Morgan fingerprint density at radius 2 is 1.82 bits per heavy atom. The number of fused-ring (bicyclic) bond motifs is 1. The lowest BCUT2D eigenvalue weighted by Crippen LogP contribution is -2.47. The van der Waals surface area contributed by atoms with Crippen LogP contribution in [-0.2, 0) is 11.3 Å². The molecule has 4 atom stereocenters. The van der Waals surface area contributed by atoms with Gasteiger partial charge < -0.3 is 29.1 Å². The second-order valence-electron chi connectivity index (χ2n) is 11.4. The number of likely N-dealkylation sites (N-methyl/N-ethyl adjacent to an activating group) is 1. The van der Waals surface area contributed by atoms with Crippen molar-refractivity contribution >= 4 is 11.6 Å². The molecule has 2 aromatic carbocycles. The van der Waals surface area contributed by atoms with Crippen LogP contribution in [0.4, 0.5) is 5.69 Å². The van der Waals surface area contributed by atoms with Crippen LogP contribution in [0.3, 0.4) is 0 Å². The van der Waals surface area contributed by atoms with Gasteiger partial charge in [-0.3, -0.25) is 9.69 Å². The summed E-state index contributed by atoms with van der Waals surface area (Å²) in [5.41, 5.74) is 2.65. The molecular weight excluding hydrogens is 506 g/mol. The Labute approximate surface area is 240 Å². The van der Waals surface area contributed by atoms with Crippen LogP contribution < -0.4 is 14.4 Å². The Hall–Kier alpha value is -2.81. The highest BCUT2D eigenvalue weighted by molar-refractivity contribution is 5.98. The first-order valence-corrected chi connectivity index (χ1v) is 14.5. The molecule has 1 aliphatic heterocycles. The summed E-state index contributed by atoms with van der Waals surface area (Å²) in [6.45, 7) is 8.57. The summed E-state index contributed by atoms with van der Waals surface area (Å²) in [4.78, 5) is 20.1. The first-order chi connectivity index (χ1) is 19.1. The second-order valence-corrected chi connectivity index (χ2v) is 11.4. The van der Waals surface area contributed by atoms with Crippen LogP contribution in [0, 0.1) is 5.92 Å². The van der Waals surface area contributed by atoms with E-state index in [4.69, 9.17) is 14.2 Å². The largest absolute Gasteiger partial charge is 0.497 e. The third-order valence-electron chi connectivity index (χ3n) is 7.65. The number of anilines is 1. The molecule has 3 rings (SSSR count). The normalized spacial score (nSPS) is 21.8. The van der Waals surface area contributed by atoms with Crippen LogP contribution >= 0.6 is 0 Å². The van der Waals surface area contributed by atoms with Gasteiger partial charge in [-0.25, -0.2) is 0 Å². The second kappa shape index (κ2) is 15.3. The van der Waals surface area contributed by atoms with Crippen molar-refractivity contribution in [3.05, 3.63) is 53.6 Å². The molecule has 0 unspecified atom stereocenters. The number of rotatable bonds is 8. The number of methoxy groups -OCH3 is 1. The van der Waals surface area contributed by atoms with Crippen molar-refractivity contribution in [1.29, 1.82) is 0 Å². The molecule has 40 heavy (non-hydrogen) atoms. The van der Waals surface area contributed by atoms with Crippen LogP contribution in [0.5, 0.6) is 11.5 Å². The Bertz CT molecular complexity index is 1060. The molecule has 0 aliphatic carbocycles. The van der Waals surface area contributed by atoms with E-state index < -0.39 is 0 Å². The molecule has 1 aliphatic rings. The number of aliphatic hydroxyl groups is 1. The van der Waals surface area contributed by atoms with E-state index in [2.05, 4.69) is 31.0 Å². The predicted molar refractivity (Wildman–Crippen MR) is 161 cm³/mol. The van der Waals surface area contributed by atoms with E-state index in [0.29, 0.717) is 24.5 Å². The maximum Gasteiger partial charge on any atom is 0.258 e. The van der Waals surface area contributed by atoms with E-state index in [-0.39, 0.29) is 36.7 Å². The smallest absolute Gasteiger partial charge is 0.258 e. The Balaban J connectivity index is 1.87. The van der Waals surface area contributed by atoms with Gasteiger partial charge in [0, 0.05) is 51.9 Å². The van der Waals surface area contributed by atoms with Crippen LogP contribution in [0.15, 0.2) is 42.5 Å². The summed E-state index contributed by atoms with van der Waals surface area (Å²) in [5, 5.41) is 10.1. The fraction of sp³-hybridized carbons (Fsp3) is 0.594. The minimum atomic E-state index is -0.353. The first kappa shape index (κ1) is 31.7. The topological polar surface area (TPSA) is 74.7 Å². The van der Waals surface area contributed by atoms with Crippen molar-refractivity contribution < 1.29 is 24.1 Å². The highest BCUT2D eigenvalue weighted by Gasteiger charge is 2.30. The Morgan fingerprint density at radius 3 is 2.48 bits per heavy atom. The van der Waals surface area contributed by atoms with Gasteiger partial charge in [0.05, 0.1) is 37.5 Å². The minimum Gasteiger partial charge on any atom is -0.497 e. The minimum absolute atomic E-state index is 0.0336. The zero-order valence-electron chi connectivity index (χ0n) is 25.4. The van der Waals surface area contributed by atoms with Gasteiger partial charge in [0.2, 0.25) is 0 Å². The zero-order valence-corrected chi connectivity index (χ0v) is 25.4. The lowest BCUT2D eigenvalue weighted by molar-refractivity contribution is -0.0177. The van der Waals surface area contributed by atoms with Gasteiger partial charge in [0.1, 0.15) is 11.5 Å². The molecular formula is C32H49N3O5. The van der Waals surface area contributed by atoms with Crippen molar-refractivity contribution in [2.45, 2.75) is 64.8 Å². The van der Waals surface area contributed by atoms with E-state index in [1.54, 1.807) is 12.0 Å². The number of hydrogen-bond acceptors (Lipinski definition) is 7. The Kier molecular flexibility index (Phi) is 12.1. The van der Waals surface area contributed by atoms with Gasteiger partial charge in [-0.15, -0.1) is 0 Å². The molecule has 1 N–H and O–H groups in total. The van der Waals surface area contributed by atoms with E-state index in [1.165, 1.54) is 5.56 Å². The zero-order chi connectivity index (χ0) is 29.2. The molecule has 222 valence electrons. The van der Waals surface area contributed by atoms with Crippen molar-refractivity contribution in [3.8, 4) is 11.5 Å². The molecule has 1 heterocycles. The molecule has 0 saturated carbocycles. The predicted octanol–water partition coefficient (Wildman–Crippen LogP) is 4.69. The summed E-state index contributed by atoms with van der Waals surface area (Å²) in [5.74, 6) is 1.34. The van der Waals surface area contributed by atoms with Gasteiger partial charge in [0.15, 0.2) is 0 Å². The third kappa shape index (κ3) is 8.85. The highest BCUT2D eigenvalue weighted by atomic mass is 16.5. The van der Waals surface area contributed by atoms with Crippen LogP contribution in [0.2, 0.25) is 0 Å². The number of carbonyl (C=O) groups is 1. The summed E-state index contributed by atoms with van der Waals surface area (Å²) < 4.78 is 18.1. The molecule has 0 radical (unpaired) electrons. The quantitative estimate of drug-likeness (QED) is 0.507. The number of ether oxygens (including phenoxy) is 3. The van der Waals surface area contributed by atoms with E-state index >= 15 is 0 Å². The van der Waals surface area contributed by atoms with E-state index in [0.717, 1.165) is 43.8 Å². The van der Waals surface area contributed by atoms with Gasteiger partial charge in [-0.2, -0.15) is 0 Å². The van der Waals surface area contributed by atoms with Crippen molar-refractivity contribution in [2.24, 2.45) is 5.92 Å². The number of nitrogens with zero attached hydrogens (tertiary/aromatic N) is 3. The number of amides is 1. The van der Waals surface area contributed by atoms with Crippen molar-refractivity contribution in [3.63, 3.8) is 0 Å². The monoisotopic (exact) mass is 555 g/mol. The maximum absolute atomic E-state index is 14.1. The molecule has 0 aromatic heterocycles. The van der Waals surface area contributed by atoms with Gasteiger partial charge in [0.25, 0.3) is 5.91 Å². The molecule has 1 amide bonds. The summed E-state index contributed by atoms with van der Waals surface area (Å²) in [6, 6.07) is 13.5. The molecule has 0 fully saturated rings. The molecule has 8 heteroatoms. The van der Waals surface area contributed by atoms with E-state index in [9.17, 15) is 9.90 Å². The number of benzene rings is 2. The number of carbonyl (C=O) groups excluding carboxylic acids is 1. The molecule has 2 aromatic rings. The van der Waals surface area contributed by atoms with Gasteiger partial charge in [-0.1, -0.05) is 19.1 Å². The number of aliphatic hydroxyl groups excluding tert-OH is 1. The molecule has 8 nitrogen and oxygen atoms in total. The summed E-state index contributed by atoms with van der Waals surface area (Å²) in [7, 11) is 7.69. The lowest BCUT2D eigenvalue weighted by atomic mass is 10.0. The van der Waals surface area contributed by atoms with Crippen molar-refractivity contribution in [2.75, 3.05) is 59.5 Å². The molecule has 0 bridgehead atoms. The van der Waals surface area contributed by atoms with Crippen molar-refractivity contribution in [1.82, 2.24) is 9.80 Å². The van der Waals surface area contributed by atoms with Gasteiger partial charge >= 0.3 is 0 Å². The first-order valence-electron chi connectivity index (χ1n) is 14.5. The maximum atomic E-state index is 14.1. The average Bonchev–Trinajstić information content (AvgIpc) is 2.94. The van der Waals surface area contributed by atoms with Crippen LogP contribution in [-0.4, -0.2) is 93.6 Å². The molecule has 0 spiro atoms. The third-order valence-corrected chi connectivity index (χ3v) is 7.65. The SMILES string of the molecule is COc1ccc(CN(C)C[C@@H]2OCCCC[C@@H](C)Oc3ccc(N(C)C)cc3C(=O)N([C@H](C)CO)C[C@H]2C)cc1. The highest BCUT2D eigenvalue weighted by Crippen LogP contribution is 2.29. The Morgan fingerprint density at radius 1 is 1.10 bits per heavy atom. The lowest BCUT2D eigenvalue weighted by Gasteiger charge is -2.36. The molecule has 0 saturated heterocycles. The fourth-order valence-corrected chi connectivity index (χ4v) is 5.07. The standard InChI is InChI=1S/C32H49N3O5/c1-23-19-35(24(2)22-36)32(37)29-18-27(33(4)5)13-16-30(29)40-25(3)10-8-9-17-39-31(23)21-34(6)20-26-11-14-28(38-7)15-12-26/h11-16,18,23-25,31,36H,8-10,17,19-22H2,1-7H3/t23-,24-,25-,31+/m1/s1. The van der Waals surface area contributed by atoms with Crippen LogP contribution in [0.25, 0.3) is 0 Å². The fourth-order valence-electron chi connectivity index (χ4n) is 5.07. The summed E-state index contributed by atoms with van der Waals surface area (Å²) in [6.07, 6.45) is 2.70. The van der Waals surface area contributed by atoms with Gasteiger partial charge in [-0.05, 0) is 76.1 Å².